The third kappa shape index (κ3) is 6.61. The first kappa shape index (κ1) is 36.9. The molecule has 2 aromatic heterocycles. The van der Waals surface area contributed by atoms with E-state index < -0.39 is 41.6 Å². The molecule has 1 saturated carbocycles. The summed E-state index contributed by atoms with van der Waals surface area (Å²) in [5, 5.41) is 3.73. The van der Waals surface area contributed by atoms with Crippen LogP contribution in [0, 0.1) is 5.82 Å². The minimum absolute atomic E-state index is 0.000490. The Labute approximate surface area is 331 Å². The molecule has 4 aliphatic heterocycles. The Bertz CT molecular complexity index is 2390. The van der Waals surface area contributed by atoms with Gasteiger partial charge in [0.1, 0.15) is 30.2 Å². The number of ether oxygens (including phenoxy) is 1. The van der Waals surface area contributed by atoms with Crippen LogP contribution in [0.1, 0.15) is 77.6 Å². The number of hydrogen-bond acceptors (Lipinski definition) is 9. The smallest absolute Gasteiger partial charge is 0.262 e. The lowest BCUT2D eigenvalue weighted by Crippen LogP contribution is -2.55. The number of pyridine rings is 1. The average molecular weight is 796 g/mol. The van der Waals surface area contributed by atoms with Crippen LogP contribution in [0.5, 0.6) is 0 Å². The minimum Gasteiger partial charge on any atom is -0.369 e. The topological polar surface area (TPSA) is 165 Å². The molecule has 57 heavy (non-hydrogen) atoms. The van der Waals surface area contributed by atoms with Gasteiger partial charge in [0.05, 0.1) is 27.9 Å². The number of fused-ring (bicyclic) bond motifs is 2. The molecule has 2 atom stereocenters. The molecular formula is C41H39ClFN7O7. The second-order valence-electron chi connectivity index (χ2n) is 15.3. The number of nitrogens with zero attached hydrogens (tertiary/aromatic N) is 5. The van der Waals surface area contributed by atoms with Crippen LogP contribution in [0.4, 0.5) is 15.8 Å². The number of imide groups is 2. The Morgan fingerprint density at radius 2 is 1.70 bits per heavy atom. The highest BCUT2D eigenvalue weighted by molar-refractivity contribution is 6.38. The van der Waals surface area contributed by atoms with Crippen LogP contribution in [-0.2, 0) is 23.9 Å². The van der Waals surface area contributed by atoms with Gasteiger partial charge in [0.15, 0.2) is 0 Å². The quantitative estimate of drug-likeness (QED) is 0.244. The van der Waals surface area contributed by atoms with Gasteiger partial charge in [-0.05, 0) is 80.3 Å². The second kappa shape index (κ2) is 14.4. The number of anilines is 2. The maximum Gasteiger partial charge on any atom is 0.262 e. The number of hydrogen-bond donors (Lipinski definition) is 2. The molecule has 0 radical (unpaired) electrons. The fourth-order valence-electron chi connectivity index (χ4n) is 8.53. The van der Waals surface area contributed by atoms with Crippen molar-refractivity contribution in [3.63, 3.8) is 0 Å². The molecule has 6 amide bonds. The summed E-state index contributed by atoms with van der Waals surface area (Å²) in [5.74, 6) is -3.39. The number of H-pyrrole nitrogens is 1. The summed E-state index contributed by atoms with van der Waals surface area (Å²) in [6.07, 6.45) is 5.80. The van der Waals surface area contributed by atoms with Gasteiger partial charge in [-0.2, -0.15) is 0 Å². The molecule has 4 fully saturated rings. The summed E-state index contributed by atoms with van der Waals surface area (Å²) in [7, 11) is 0. The van der Waals surface area contributed by atoms with Gasteiger partial charge < -0.3 is 24.4 Å². The molecule has 16 heteroatoms. The number of amides is 6. The van der Waals surface area contributed by atoms with E-state index in [2.05, 4.69) is 15.3 Å². The SMILES string of the molecule is CC(OC1CCN(c2cc3c(cc2F)C(=O)N(C2CCC(=O)NC2=O)C3=O)CC1)C(=O)N1CCN(c2cccc(-c3cnc4[nH]cc(C5CC5)c4c3Cl)c2)C(=O)C1. The molecule has 2 aromatic carbocycles. The van der Waals surface area contributed by atoms with Gasteiger partial charge in [-0.25, -0.2) is 9.37 Å². The molecule has 2 unspecified atom stereocenters. The molecule has 3 saturated heterocycles. The second-order valence-corrected chi connectivity index (χ2v) is 15.7. The van der Waals surface area contributed by atoms with Crippen LogP contribution >= 0.6 is 11.6 Å². The van der Waals surface area contributed by atoms with Crippen molar-refractivity contribution in [2.24, 2.45) is 0 Å². The third-order valence-corrected chi connectivity index (χ3v) is 12.1. The lowest BCUT2D eigenvalue weighted by atomic mass is 10.0. The third-order valence-electron chi connectivity index (χ3n) is 11.7. The molecule has 4 aromatic rings. The van der Waals surface area contributed by atoms with Gasteiger partial charge in [-0.1, -0.05) is 23.7 Å². The van der Waals surface area contributed by atoms with E-state index in [4.69, 9.17) is 16.3 Å². The highest BCUT2D eigenvalue weighted by Crippen LogP contribution is 2.46. The molecule has 294 valence electrons. The standard InChI is InChI=1S/C41H39ClFN7O7/c1-21(57-25-9-11-47(12-10-25)32-17-27-26(16-30(32)43)40(55)50(41(27)56)31-7-8-33(51)46-38(31)53)39(54)48-13-14-49(34(52)20-48)24-4-2-3-23(15-24)29-19-45-37-35(36(29)42)28(18-44-37)22-5-6-22/h2-4,15-19,21-22,25,31H,5-14,20H2,1H3,(H,44,45)(H,46,51,53). The van der Waals surface area contributed by atoms with Crippen LogP contribution in [0.25, 0.3) is 22.2 Å². The van der Waals surface area contributed by atoms with E-state index in [1.54, 1.807) is 22.9 Å². The van der Waals surface area contributed by atoms with Gasteiger partial charge in [0.2, 0.25) is 17.7 Å². The number of piperazine rings is 1. The zero-order valence-electron chi connectivity index (χ0n) is 31.1. The van der Waals surface area contributed by atoms with E-state index >= 15 is 4.39 Å². The number of benzene rings is 2. The number of aromatic nitrogens is 2. The lowest BCUT2D eigenvalue weighted by Gasteiger charge is -2.37. The summed E-state index contributed by atoms with van der Waals surface area (Å²) in [6.45, 7) is 2.91. The van der Waals surface area contributed by atoms with Crippen molar-refractivity contribution >= 4 is 69.5 Å². The van der Waals surface area contributed by atoms with E-state index in [1.807, 2.05) is 30.5 Å². The fraction of sp³-hybridized carbons (Fsp3) is 0.390. The van der Waals surface area contributed by atoms with Gasteiger partial charge in [0, 0.05) is 61.6 Å². The summed E-state index contributed by atoms with van der Waals surface area (Å²) in [6, 6.07) is 8.84. The van der Waals surface area contributed by atoms with E-state index in [-0.39, 0.29) is 54.1 Å². The van der Waals surface area contributed by atoms with Gasteiger partial charge in [0.25, 0.3) is 17.7 Å². The van der Waals surface area contributed by atoms with Crippen molar-refractivity contribution in [2.45, 2.75) is 69.6 Å². The number of carbonyl (C=O) groups excluding carboxylic acids is 6. The molecule has 1 aliphatic carbocycles. The largest absolute Gasteiger partial charge is 0.369 e. The Kier molecular flexibility index (Phi) is 9.31. The fourth-order valence-corrected chi connectivity index (χ4v) is 8.89. The summed E-state index contributed by atoms with van der Waals surface area (Å²) in [5.41, 5.74) is 4.30. The monoisotopic (exact) mass is 795 g/mol. The predicted octanol–water partition coefficient (Wildman–Crippen LogP) is 4.55. The zero-order valence-corrected chi connectivity index (χ0v) is 31.8. The molecule has 14 nitrogen and oxygen atoms in total. The van der Waals surface area contributed by atoms with E-state index in [9.17, 15) is 28.8 Å². The van der Waals surface area contributed by atoms with Gasteiger partial charge in [-0.15, -0.1) is 0 Å². The minimum atomic E-state index is -1.15. The molecule has 2 N–H and O–H groups in total. The highest BCUT2D eigenvalue weighted by Gasteiger charge is 2.45. The van der Waals surface area contributed by atoms with E-state index in [0.717, 1.165) is 46.0 Å². The normalized spacial score (nSPS) is 21.1. The highest BCUT2D eigenvalue weighted by atomic mass is 35.5. The van der Waals surface area contributed by atoms with E-state index in [0.29, 0.717) is 55.6 Å². The first-order valence-electron chi connectivity index (χ1n) is 19.3. The zero-order chi connectivity index (χ0) is 39.7. The maximum absolute atomic E-state index is 15.4. The van der Waals surface area contributed by atoms with Crippen LogP contribution in [0.15, 0.2) is 48.8 Å². The first-order valence-corrected chi connectivity index (χ1v) is 19.6. The lowest BCUT2D eigenvalue weighted by molar-refractivity contribution is -0.149. The van der Waals surface area contributed by atoms with Crippen molar-refractivity contribution in [1.29, 1.82) is 0 Å². The summed E-state index contributed by atoms with van der Waals surface area (Å²) < 4.78 is 21.6. The molecule has 5 aliphatic rings. The summed E-state index contributed by atoms with van der Waals surface area (Å²) >= 11 is 6.96. The van der Waals surface area contributed by atoms with Crippen LogP contribution in [0.2, 0.25) is 5.02 Å². The molecule has 0 bridgehead atoms. The first-order chi connectivity index (χ1) is 27.5. The van der Waals surface area contributed by atoms with Crippen molar-refractivity contribution in [1.82, 2.24) is 25.1 Å². The number of rotatable bonds is 8. The van der Waals surface area contributed by atoms with Crippen molar-refractivity contribution in [3.05, 3.63) is 76.3 Å². The van der Waals surface area contributed by atoms with E-state index in [1.165, 1.54) is 16.5 Å². The number of halogens is 2. The van der Waals surface area contributed by atoms with Crippen molar-refractivity contribution in [2.75, 3.05) is 42.5 Å². The van der Waals surface area contributed by atoms with Gasteiger partial charge >= 0.3 is 0 Å². The number of piperidine rings is 2. The Morgan fingerprint density at radius 3 is 2.42 bits per heavy atom. The molecule has 6 heterocycles. The van der Waals surface area contributed by atoms with Crippen molar-refractivity contribution < 1.29 is 37.9 Å². The number of nitrogens with one attached hydrogen (secondary N) is 2. The Hall–Kier alpha value is -5.67. The molecular weight excluding hydrogens is 757 g/mol. The Balaban J connectivity index is 0.799. The average Bonchev–Trinajstić information content (AvgIpc) is 3.91. The van der Waals surface area contributed by atoms with Gasteiger partial charge in [-0.3, -0.25) is 39.0 Å². The number of carbonyl (C=O) groups is 6. The Morgan fingerprint density at radius 1 is 0.947 bits per heavy atom. The molecule has 9 rings (SSSR count). The summed E-state index contributed by atoms with van der Waals surface area (Å²) in [4.78, 5) is 91.0. The van der Waals surface area contributed by atoms with Crippen molar-refractivity contribution in [3.8, 4) is 11.1 Å². The van der Waals surface area contributed by atoms with Crippen LogP contribution in [-0.4, -0.2) is 106 Å². The predicted molar refractivity (Wildman–Crippen MR) is 206 cm³/mol. The molecule has 0 spiro atoms. The maximum atomic E-state index is 15.4. The van der Waals surface area contributed by atoms with Crippen LogP contribution in [0.3, 0.4) is 0 Å². The number of aromatic amines is 1. The van der Waals surface area contributed by atoms with Crippen LogP contribution < -0.4 is 15.1 Å².